The Morgan fingerprint density at radius 3 is 2.32 bits per heavy atom. The van der Waals surface area contributed by atoms with Crippen LogP contribution in [0, 0.1) is 11.8 Å². The first-order valence-electron chi connectivity index (χ1n) is 12.6. The zero-order valence-corrected chi connectivity index (χ0v) is 21.0. The van der Waals surface area contributed by atoms with Crippen molar-refractivity contribution in [1.82, 2.24) is 4.98 Å². The number of pyridine rings is 1. The molecule has 1 aliphatic carbocycles. The van der Waals surface area contributed by atoms with E-state index < -0.39 is 5.97 Å². The number of benzene rings is 1. The molecule has 37 heavy (non-hydrogen) atoms. The number of carbonyl (C=O) groups excluding carboxylic acids is 1. The van der Waals surface area contributed by atoms with E-state index in [0.717, 1.165) is 36.8 Å². The molecule has 3 heterocycles. The van der Waals surface area contributed by atoms with Crippen molar-refractivity contribution in [3.8, 4) is 22.6 Å². The van der Waals surface area contributed by atoms with Crippen LogP contribution in [-0.2, 0) is 9.53 Å². The molecule has 1 fully saturated rings. The van der Waals surface area contributed by atoms with E-state index in [1.165, 1.54) is 11.0 Å². The molecule has 0 spiro atoms. The Balaban J connectivity index is 1.45. The number of furan rings is 2. The van der Waals surface area contributed by atoms with E-state index in [-0.39, 0.29) is 36.4 Å². The number of fused-ring (bicyclic) bond motifs is 1. The van der Waals surface area contributed by atoms with Crippen LogP contribution in [0.1, 0.15) is 43.0 Å². The number of carbonyl (C=O) groups is 2. The van der Waals surface area contributed by atoms with Gasteiger partial charge in [0.2, 0.25) is 11.8 Å². The molecule has 0 atom stereocenters. The molecule has 192 valence electrons. The van der Waals surface area contributed by atoms with E-state index in [1.807, 2.05) is 42.5 Å². The van der Waals surface area contributed by atoms with Crippen molar-refractivity contribution in [2.24, 2.45) is 11.8 Å². The maximum absolute atomic E-state index is 13.5. The van der Waals surface area contributed by atoms with Gasteiger partial charge in [-0.1, -0.05) is 31.2 Å². The molecule has 1 N–H and O–H groups in total. The molecule has 0 bridgehead atoms. The fourth-order valence-electron chi connectivity index (χ4n) is 4.91. The van der Waals surface area contributed by atoms with Crippen LogP contribution in [0.15, 0.2) is 63.6 Å². The van der Waals surface area contributed by atoms with Crippen LogP contribution in [0.3, 0.4) is 0 Å². The first-order valence-corrected chi connectivity index (χ1v) is 12.6. The Morgan fingerprint density at radius 2 is 1.70 bits per heavy atom. The number of anilines is 1. The summed E-state index contributed by atoms with van der Waals surface area (Å²) in [5.74, 6) is 0.295. The van der Waals surface area contributed by atoms with Crippen LogP contribution in [0.5, 0.6) is 0 Å². The van der Waals surface area contributed by atoms with Crippen LogP contribution in [0.25, 0.3) is 33.7 Å². The van der Waals surface area contributed by atoms with Crippen molar-refractivity contribution in [3.05, 3.63) is 60.3 Å². The number of hydrogen-bond acceptors (Lipinski definition) is 6. The lowest BCUT2D eigenvalue weighted by Gasteiger charge is -2.30. The summed E-state index contributed by atoms with van der Waals surface area (Å²) >= 11 is 0. The minimum absolute atomic E-state index is 0.0453. The molecule has 3 aromatic heterocycles. The second-order valence-electron chi connectivity index (χ2n) is 9.65. The van der Waals surface area contributed by atoms with Crippen molar-refractivity contribution in [3.63, 3.8) is 0 Å². The van der Waals surface area contributed by atoms with Gasteiger partial charge in [-0.3, -0.25) is 14.7 Å². The van der Waals surface area contributed by atoms with Gasteiger partial charge in [0, 0.05) is 42.5 Å². The summed E-state index contributed by atoms with van der Waals surface area (Å²) in [7, 11) is 1.55. The van der Waals surface area contributed by atoms with Crippen molar-refractivity contribution in [1.29, 1.82) is 0 Å². The van der Waals surface area contributed by atoms with Gasteiger partial charge in [0.25, 0.3) is 0 Å². The Kier molecular flexibility index (Phi) is 7.10. The topological polar surface area (TPSA) is 106 Å². The summed E-state index contributed by atoms with van der Waals surface area (Å²) in [4.78, 5) is 31.4. The lowest BCUT2D eigenvalue weighted by atomic mass is 9.82. The molecule has 0 unspecified atom stereocenters. The third kappa shape index (κ3) is 5.15. The van der Waals surface area contributed by atoms with E-state index >= 15 is 0 Å². The fraction of sp³-hybridized carbons (Fsp3) is 0.345. The number of methoxy groups -OCH3 is 1. The quantitative estimate of drug-likeness (QED) is 0.303. The molecular formula is C29H30N2O6. The maximum atomic E-state index is 13.5. The molecule has 1 saturated carbocycles. The highest BCUT2D eigenvalue weighted by molar-refractivity contribution is 6.02. The molecule has 8 nitrogen and oxygen atoms in total. The SMILES string of the molecule is COCCN(C(=O)C1CCC(C)CC1)c1oc(-c2ccc(-c3cc4ncccc4o3)cc2)cc1C(=O)O. The van der Waals surface area contributed by atoms with Crippen molar-refractivity contribution in [2.75, 3.05) is 25.2 Å². The highest BCUT2D eigenvalue weighted by Crippen LogP contribution is 2.36. The van der Waals surface area contributed by atoms with Gasteiger partial charge in [0.15, 0.2) is 5.58 Å². The number of rotatable bonds is 8. The van der Waals surface area contributed by atoms with Crippen molar-refractivity contribution >= 4 is 28.9 Å². The molecular weight excluding hydrogens is 472 g/mol. The minimum atomic E-state index is -1.15. The van der Waals surface area contributed by atoms with Gasteiger partial charge in [-0.25, -0.2) is 4.79 Å². The molecule has 0 saturated heterocycles. The molecule has 4 aromatic rings. The molecule has 1 amide bonds. The average Bonchev–Trinajstić information content (AvgIpc) is 3.55. The second-order valence-corrected chi connectivity index (χ2v) is 9.65. The molecule has 0 aliphatic heterocycles. The predicted octanol–water partition coefficient (Wildman–Crippen LogP) is 6.26. The third-order valence-electron chi connectivity index (χ3n) is 7.08. The predicted molar refractivity (Wildman–Crippen MR) is 139 cm³/mol. The molecule has 5 rings (SSSR count). The third-order valence-corrected chi connectivity index (χ3v) is 7.08. The first-order chi connectivity index (χ1) is 17.9. The van der Waals surface area contributed by atoms with Crippen LogP contribution < -0.4 is 4.90 Å². The first kappa shape index (κ1) is 24.8. The number of nitrogens with zero attached hydrogens (tertiary/aromatic N) is 2. The van der Waals surface area contributed by atoms with Crippen LogP contribution in [-0.4, -0.2) is 42.2 Å². The molecule has 1 aliphatic rings. The maximum Gasteiger partial charge on any atom is 0.341 e. The normalized spacial score (nSPS) is 17.7. The Hall–Kier alpha value is -3.91. The summed E-state index contributed by atoms with van der Waals surface area (Å²) in [5.41, 5.74) is 2.98. The zero-order chi connectivity index (χ0) is 25.9. The number of ether oxygens (including phenoxy) is 1. The Bertz CT molecular complexity index is 1360. The van der Waals surface area contributed by atoms with Gasteiger partial charge >= 0.3 is 5.97 Å². The van der Waals surface area contributed by atoms with Gasteiger partial charge in [-0.15, -0.1) is 0 Å². The smallest absolute Gasteiger partial charge is 0.341 e. The number of aromatic nitrogens is 1. The minimum Gasteiger partial charge on any atom is -0.477 e. The summed E-state index contributed by atoms with van der Waals surface area (Å²) in [5, 5.41) is 9.94. The van der Waals surface area contributed by atoms with Gasteiger partial charge in [0.05, 0.1) is 13.2 Å². The highest BCUT2D eigenvalue weighted by Gasteiger charge is 2.33. The lowest BCUT2D eigenvalue weighted by Crippen LogP contribution is -2.40. The van der Waals surface area contributed by atoms with Crippen molar-refractivity contribution in [2.45, 2.75) is 32.6 Å². The Morgan fingerprint density at radius 1 is 1.03 bits per heavy atom. The van der Waals surface area contributed by atoms with Crippen LogP contribution in [0.2, 0.25) is 0 Å². The number of carboxylic acids is 1. The molecule has 0 radical (unpaired) electrons. The lowest BCUT2D eigenvalue weighted by molar-refractivity contribution is -0.123. The number of carboxylic acid groups (broad SMARTS) is 1. The van der Waals surface area contributed by atoms with E-state index in [2.05, 4.69) is 11.9 Å². The fourth-order valence-corrected chi connectivity index (χ4v) is 4.91. The standard InChI is InChI=1S/C29H30N2O6/c1-18-5-7-21(8-6-18)27(32)31(14-15-35-2)28-22(29(33)34)16-25(37-28)19-9-11-20(12-10-19)26-17-23-24(36-26)4-3-13-30-23/h3-4,9-13,16-18,21H,5-8,14-15H2,1-2H3,(H,33,34). The van der Waals surface area contributed by atoms with Gasteiger partial charge in [-0.2, -0.15) is 0 Å². The van der Waals surface area contributed by atoms with Crippen LogP contribution >= 0.6 is 0 Å². The summed E-state index contributed by atoms with van der Waals surface area (Å²) in [6.45, 7) is 2.68. The summed E-state index contributed by atoms with van der Waals surface area (Å²) in [6, 6.07) is 14.5. The number of hydrogen-bond donors (Lipinski definition) is 1. The van der Waals surface area contributed by atoms with Gasteiger partial charge < -0.3 is 18.7 Å². The van der Waals surface area contributed by atoms with E-state index in [1.54, 1.807) is 13.3 Å². The monoisotopic (exact) mass is 502 g/mol. The van der Waals surface area contributed by atoms with E-state index in [0.29, 0.717) is 28.6 Å². The Labute approximate surface area is 214 Å². The van der Waals surface area contributed by atoms with Gasteiger partial charge in [-0.05, 0) is 43.7 Å². The van der Waals surface area contributed by atoms with Crippen molar-refractivity contribution < 1.29 is 28.3 Å². The number of amides is 1. The summed E-state index contributed by atoms with van der Waals surface area (Å²) < 4.78 is 17.2. The zero-order valence-electron chi connectivity index (χ0n) is 21.0. The van der Waals surface area contributed by atoms with E-state index in [9.17, 15) is 14.7 Å². The summed E-state index contributed by atoms with van der Waals surface area (Å²) in [6.07, 6.45) is 5.26. The van der Waals surface area contributed by atoms with Gasteiger partial charge in [0.1, 0.15) is 22.6 Å². The van der Waals surface area contributed by atoms with Crippen LogP contribution in [0.4, 0.5) is 5.88 Å². The highest BCUT2D eigenvalue weighted by atomic mass is 16.5. The average molecular weight is 503 g/mol. The largest absolute Gasteiger partial charge is 0.477 e. The second kappa shape index (κ2) is 10.6. The number of aromatic carboxylic acids is 1. The molecule has 8 heteroatoms. The van der Waals surface area contributed by atoms with E-state index in [4.69, 9.17) is 13.6 Å². The molecule has 1 aromatic carbocycles.